The van der Waals surface area contributed by atoms with E-state index in [2.05, 4.69) is 29.3 Å². The van der Waals surface area contributed by atoms with Crippen molar-refractivity contribution >= 4 is 16.9 Å². The van der Waals surface area contributed by atoms with Crippen molar-refractivity contribution in [2.24, 2.45) is 16.6 Å². The molecule has 1 aromatic carbocycles. The van der Waals surface area contributed by atoms with Crippen molar-refractivity contribution in [1.82, 2.24) is 0 Å². The Bertz CT molecular complexity index is 415. The molecule has 2 aliphatic rings. The first kappa shape index (κ1) is 11.1. The first-order valence-corrected chi connectivity index (χ1v) is 7.34. The Hall–Kier alpha value is -0.960. The predicted molar refractivity (Wildman–Crippen MR) is 74.4 cm³/mol. The molecule has 0 spiro atoms. The van der Waals surface area contributed by atoms with Crippen molar-refractivity contribution in [3.05, 3.63) is 35.4 Å². The van der Waals surface area contributed by atoms with Gasteiger partial charge in [-0.2, -0.15) is 0 Å². The Morgan fingerprint density at radius 3 is 2.29 bits per heavy atom. The highest BCUT2D eigenvalue weighted by molar-refractivity contribution is 8.14. The van der Waals surface area contributed by atoms with Crippen LogP contribution in [0.1, 0.15) is 24.0 Å². The zero-order chi connectivity index (χ0) is 11.7. The molecule has 3 rings (SSSR count). The summed E-state index contributed by atoms with van der Waals surface area (Å²) in [6.07, 6.45) is 4.94. The zero-order valence-corrected chi connectivity index (χ0v) is 10.7. The average Bonchev–Trinajstić information content (AvgIpc) is 2.66. The highest BCUT2D eigenvalue weighted by atomic mass is 32.2. The van der Waals surface area contributed by atoms with E-state index >= 15 is 0 Å². The third-order valence-electron chi connectivity index (χ3n) is 3.93. The van der Waals surface area contributed by atoms with Crippen LogP contribution in [0.2, 0.25) is 0 Å². The molecule has 1 aliphatic heterocycles. The number of nitrogens with two attached hydrogens (primary N) is 1. The summed E-state index contributed by atoms with van der Waals surface area (Å²) in [4.78, 5) is 4.57. The molecular formula is C14H18N2S. The van der Waals surface area contributed by atoms with Crippen molar-refractivity contribution in [1.29, 1.82) is 0 Å². The minimum Gasteiger partial charge on any atom is -0.379 e. The van der Waals surface area contributed by atoms with Crippen molar-refractivity contribution in [3.63, 3.8) is 0 Å². The van der Waals surface area contributed by atoms with Crippen LogP contribution >= 0.6 is 11.8 Å². The quantitative estimate of drug-likeness (QED) is 0.774. The predicted octanol–water partition coefficient (Wildman–Crippen LogP) is 2.61. The molecular weight excluding hydrogens is 228 g/mol. The maximum Gasteiger partial charge on any atom is 0.154 e. The number of hydrogen-bond acceptors (Lipinski definition) is 3. The van der Waals surface area contributed by atoms with Gasteiger partial charge < -0.3 is 5.73 Å². The minimum atomic E-state index is 0.467. The van der Waals surface area contributed by atoms with Crippen LogP contribution in [0.3, 0.4) is 0 Å². The molecule has 0 saturated heterocycles. The lowest BCUT2D eigenvalue weighted by molar-refractivity contribution is 0.405. The molecule has 2 nitrogen and oxygen atoms in total. The van der Waals surface area contributed by atoms with Gasteiger partial charge in [0.25, 0.3) is 0 Å². The Morgan fingerprint density at radius 1 is 1.12 bits per heavy atom. The van der Waals surface area contributed by atoms with Gasteiger partial charge in [0.1, 0.15) is 0 Å². The van der Waals surface area contributed by atoms with Crippen LogP contribution in [-0.4, -0.2) is 17.0 Å². The SMILES string of the molecule is NC1=NC(C2CCc3ccccc3CC2)CS1. The molecule has 0 radical (unpaired) electrons. The summed E-state index contributed by atoms with van der Waals surface area (Å²) in [5, 5.41) is 0.789. The number of thioether (sulfide) groups is 1. The Labute approximate surface area is 107 Å². The Morgan fingerprint density at radius 2 is 1.76 bits per heavy atom. The number of benzene rings is 1. The zero-order valence-electron chi connectivity index (χ0n) is 9.93. The van der Waals surface area contributed by atoms with E-state index < -0.39 is 0 Å². The lowest BCUT2D eigenvalue weighted by atomic mass is 9.93. The fourth-order valence-corrected chi connectivity index (χ4v) is 3.80. The van der Waals surface area contributed by atoms with Gasteiger partial charge in [-0.1, -0.05) is 36.0 Å². The van der Waals surface area contributed by atoms with E-state index in [1.54, 1.807) is 11.8 Å². The lowest BCUT2D eigenvalue weighted by Gasteiger charge is -2.18. The van der Waals surface area contributed by atoms with E-state index in [4.69, 9.17) is 5.73 Å². The van der Waals surface area contributed by atoms with Gasteiger partial charge in [-0.25, -0.2) is 0 Å². The van der Waals surface area contributed by atoms with Crippen molar-refractivity contribution in [2.75, 3.05) is 5.75 Å². The van der Waals surface area contributed by atoms with Crippen LogP contribution in [0.15, 0.2) is 29.3 Å². The van der Waals surface area contributed by atoms with Gasteiger partial charge >= 0.3 is 0 Å². The summed E-state index contributed by atoms with van der Waals surface area (Å²) in [6.45, 7) is 0. The maximum atomic E-state index is 5.77. The van der Waals surface area contributed by atoms with Gasteiger partial charge in [0.15, 0.2) is 5.17 Å². The largest absolute Gasteiger partial charge is 0.379 e. The van der Waals surface area contributed by atoms with E-state index in [0.29, 0.717) is 6.04 Å². The molecule has 0 fully saturated rings. The summed E-state index contributed by atoms with van der Waals surface area (Å²) in [6, 6.07) is 9.33. The van der Waals surface area contributed by atoms with E-state index in [9.17, 15) is 0 Å². The second-order valence-corrected chi connectivity index (χ2v) is 5.99. The smallest absolute Gasteiger partial charge is 0.154 e. The van der Waals surface area contributed by atoms with Crippen molar-refractivity contribution in [2.45, 2.75) is 31.7 Å². The first-order valence-electron chi connectivity index (χ1n) is 6.36. The number of rotatable bonds is 1. The van der Waals surface area contributed by atoms with E-state index in [0.717, 1.165) is 16.8 Å². The van der Waals surface area contributed by atoms with E-state index in [1.165, 1.54) is 36.8 Å². The number of fused-ring (bicyclic) bond motifs is 1. The lowest BCUT2D eigenvalue weighted by Crippen LogP contribution is -2.19. The molecule has 3 heteroatoms. The Balaban J connectivity index is 1.73. The molecule has 1 aliphatic carbocycles. The van der Waals surface area contributed by atoms with Gasteiger partial charge in [0.05, 0.1) is 6.04 Å². The minimum absolute atomic E-state index is 0.467. The maximum absolute atomic E-state index is 5.77. The van der Waals surface area contributed by atoms with Crippen LogP contribution in [-0.2, 0) is 12.8 Å². The van der Waals surface area contributed by atoms with E-state index in [-0.39, 0.29) is 0 Å². The number of amidine groups is 1. The number of aryl methyl sites for hydroxylation is 2. The molecule has 1 unspecified atom stereocenters. The number of nitrogens with zero attached hydrogens (tertiary/aromatic N) is 1. The van der Waals surface area contributed by atoms with Gasteiger partial charge in [-0.3, -0.25) is 4.99 Å². The molecule has 0 aromatic heterocycles. The van der Waals surface area contributed by atoms with Crippen molar-refractivity contribution < 1.29 is 0 Å². The second kappa shape index (κ2) is 4.73. The van der Waals surface area contributed by atoms with Crippen molar-refractivity contribution in [3.8, 4) is 0 Å². The molecule has 90 valence electrons. The molecule has 0 amide bonds. The highest BCUT2D eigenvalue weighted by Crippen LogP contribution is 2.31. The van der Waals surface area contributed by atoms with Gasteiger partial charge in [0, 0.05) is 5.75 Å². The van der Waals surface area contributed by atoms with Crippen LogP contribution in [0.5, 0.6) is 0 Å². The molecule has 17 heavy (non-hydrogen) atoms. The molecule has 0 bridgehead atoms. The first-order chi connectivity index (χ1) is 8.33. The van der Waals surface area contributed by atoms with Crippen LogP contribution < -0.4 is 5.73 Å². The molecule has 1 aromatic rings. The van der Waals surface area contributed by atoms with Gasteiger partial charge in [-0.15, -0.1) is 0 Å². The summed E-state index contributed by atoms with van der Waals surface area (Å²) in [5.41, 5.74) is 8.85. The monoisotopic (exact) mass is 246 g/mol. The second-order valence-electron chi connectivity index (χ2n) is 4.95. The molecule has 1 atom stereocenters. The van der Waals surface area contributed by atoms with Gasteiger partial charge in [-0.05, 0) is 42.7 Å². The topological polar surface area (TPSA) is 38.4 Å². The molecule has 1 heterocycles. The summed E-state index contributed by atoms with van der Waals surface area (Å²) in [7, 11) is 0. The van der Waals surface area contributed by atoms with Crippen LogP contribution in [0, 0.1) is 5.92 Å². The number of hydrogen-bond donors (Lipinski definition) is 1. The summed E-state index contributed by atoms with van der Waals surface area (Å²) < 4.78 is 0. The molecule has 2 N–H and O–H groups in total. The molecule has 0 saturated carbocycles. The normalized spacial score (nSPS) is 25.2. The fraction of sp³-hybridized carbons (Fsp3) is 0.500. The van der Waals surface area contributed by atoms with E-state index in [1.807, 2.05) is 0 Å². The summed E-state index contributed by atoms with van der Waals surface area (Å²) in [5.74, 6) is 1.81. The highest BCUT2D eigenvalue weighted by Gasteiger charge is 2.27. The summed E-state index contributed by atoms with van der Waals surface area (Å²) >= 11 is 1.72. The van der Waals surface area contributed by atoms with Crippen LogP contribution in [0.4, 0.5) is 0 Å². The third kappa shape index (κ3) is 2.34. The number of aliphatic imine (C=N–C) groups is 1. The fourth-order valence-electron chi connectivity index (χ4n) is 2.91. The average molecular weight is 246 g/mol. The van der Waals surface area contributed by atoms with Gasteiger partial charge in [0.2, 0.25) is 0 Å². The Kier molecular flexibility index (Phi) is 3.10. The third-order valence-corrected chi connectivity index (χ3v) is 4.84. The standard InChI is InChI=1S/C14H18N2S/c15-14-16-13(9-17-14)12-7-5-10-3-1-2-4-11(10)6-8-12/h1-4,12-13H,5-9H2,(H2,15,16). The van der Waals surface area contributed by atoms with Crippen LogP contribution in [0.25, 0.3) is 0 Å².